The van der Waals surface area contributed by atoms with Gasteiger partial charge in [0.05, 0.1) is 17.7 Å². The van der Waals surface area contributed by atoms with Crippen molar-refractivity contribution in [2.75, 3.05) is 6.61 Å². The average Bonchev–Trinajstić information content (AvgIpc) is 2.28. The van der Waals surface area contributed by atoms with Gasteiger partial charge in [0.15, 0.2) is 0 Å². The molecule has 1 aliphatic carbocycles. The Kier molecular flexibility index (Phi) is 5.15. The summed E-state index contributed by atoms with van der Waals surface area (Å²) in [7, 11) is 0. The number of rotatable bonds is 3. The Morgan fingerprint density at radius 2 is 2.00 bits per heavy atom. The van der Waals surface area contributed by atoms with E-state index in [9.17, 15) is 9.90 Å². The number of carbonyl (C=O) groups excluding carboxylic acids is 1. The fraction of sp³-hybridized carbons (Fsp3) is 0.417. The molecular formula is C12H12I3NO2. The Morgan fingerprint density at radius 3 is 2.50 bits per heavy atom. The minimum absolute atomic E-state index is 0.0241. The zero-order valence-electron chi connectivity index (χ0n) is 9.47. The van der Waals surface area contributed by atoms with Gasteiger partial charge in [-0.05, 0) is 99.2 Å². The van der Waals surface area contributed by atoms with Gasteiger partial charge < -0.3 is 10.4 Å². The van der Waals surface area contributed by atoms with Crippen LogP contribution in [0.2, 0.25) is 0 Å². The summed E-state index contributed by atoms with van der Waals surface area (Å²) in [6.07, 6.45) is 2.81. The van der Waals surface area contributed by atoms with E-state index in [1.54, 1.807) is 0 Å². The van der Waals surface area contributed by atoms with E-state index in [0.29, 0.717) is 5.56 Å². The molecule has 18 heavy (non-hydrogen) atoms. The molecule has 1 aromatic rings. The molecule has 2 rings (SSSR count). The summed E-state index contributed by atoms with van der Waals surface area (Å²) < 4.78 is 3.10. The summed E-state index contributed by atoms with van der Waals surface area (Å²) >= 11 is 6.65. The smallest absolute Gasteiger partial charge is 0.252 e. The molecule has 0 spiro atoms. The second-order valence-corrected chi connectivity index (χ2v) is 7.98. The van der Waals surface area contributed by atoms with E-state index in [4.69, 9.17) is 0 Å². The molecule has 98 valence electrons. The van der Waals surface area contributed by atoms with Crippen LogP contribution in [0.4, 0.5) is 0 Å². The summed E-state index contributed by atoms with van der Waals surface area (Å²) in [4.78, 5) is 12.3. The molecule has 0 unspecified atom stereocenters. The second kappa shape index (κ2) is 6.08. The van der Waals surface area contributed by atoms with Crippen molar-refractivity contribution < 1.29 is 9.90 Å². The van der Waals surface area contributed by atoms with Crippen molar-refractivity contribution in [1.82, 2.24) is 5.32 Å². The number of nitrogens with one attached hydrogen (secondary N) is 1. The molecule has 3 nitrogen and oxygen atoms in total. The molecule has 1 aliphatic rings. The zero-order chi connectivity index (χ0) is 13.3. The van der Waals surface area contributed by atoms with Gasteiger partial charge in [0.25, 0.3) is 5.91 Å². The van der Waals surface area contributed by atoms with E-state index >= 15 is 0 Å². The topological polar surface area (TPSA) is 49.3 Å². The van der Waals surface area contributed by atoms with Crippen LogP contribution in [0.15, 0.2) is 12.1 Å². The van der Waals surface area contributed by atoms with E-state index in [-0.39, 0.29) is 18.1 Å². The van der Waals surface area contributed by atoms with Crippen LogP contribution in [0.3, 0.4) is 0 Å². The van der Waals surface area contributed by atoms with Crippen LogP contribution in [-0.4, -0.2) is 23.2 Å². The maximum atomic E-state index is 12.3. The van der Waals surface area contributed by atoms with Crippen molar-refractivity contribution in [1.29, 1.82) is 0 Å². The lowest BCUT2D eigenvalue weighted by Crippen LogP contribution is -2.56. The van der Waals surface area contributed by atoms with Gasteiger partial charge in [-0.2, -0.15) is 0 Å². The normalized spacial score (nSPS) is 17.1. The van der Waals surface area contributed by atoms with Gasteiger partial charge >= 0.3 is 0 Å². The molecule has 0 heterocycles. The molecule has 1 aromatic carbocycles. The van der Waals surface area contributed by atoms with E-state index in [1.165, 1.54) is 0 Å². The summed E-state index contributed by atoms with van der Waals surface area (Å²) in [6.45, 7) is 0.0241. The van der Waals surface area contributed by atoms with E-state index in [1.807, 2.05) is 12.1 Å². The Balaban J connectivity index is 2.24. The molecule has 0 aromatic heterocycles. The lowest BCUT2D eigenvalue weighted by Gasteiger charge is -2.41. The van der Waals surface area contributed by atoms with Crippen molar-refractivity contribution >= 4 is 73.7 Å². The van der Waals surface area contributed by atoms with Crippen LogP contribution in [0.25, 0.3) is 0 Å². The van der Waals surface area contributed by atoms with Crippen LogP contribution >= 0.6 is 67.8 Å². The van der Waals surface area contributed by atoms with Crippen molar-refractivity contribution in [3.63, 3.8) is 0 Å². The highest BCUT2D eigenvalue weighted by Crippen LogP contribution is 2.32. The van der Waals surface area contributed by atoms with Crippen molar-refractivity contribution in [2.45, 2.75) is 24.8 Å². The SMILES string of the molecule is O=C(NC1(CO)CCC1)c1cc(I)cc(I)c1I. The highest BCUT2D eigenvalue weighted by atomic mass is 127. The Morgan fingerprint density at radius 1 is 1.33 bits per heavy atom. The quantitative estimate of drug-likeness (QED) is 0.425. The van der Waals surface area contributed by atoms with E-state index in [0.717, 1.165) is 30.0 Å². The number of halogens is 3. The molecular weight excluding hydrogens is 571 g/mol. The number of hydrogen-bond donors (Lipinski definition) is 2. The largest absolute Gasteiger partial charge is 0.394 e. The monoisotopic (exact) mass is 583 g/mol. The molecule has 0 aliphatic heterocycles. The number of carbonyl (C=O) groups is 1. The molecule has 1 saturated carbocycles. The number of benzene rings is 1. The third-order valence-corrected chi connectivity index (χ3v) is 6.90. The predicted octanol–water partition coefficient (Wildman–Crippen LogP) is 3.15. The molecule has 0 radical (unpaired) electrons. The standard InChI is InChI=1S/C12H12I3NO2/c13-7-4-8(10(15)9(14)5-7)11(18)16-12(6-17)2-1-3-12/h4-5,17H,1-3,6H2,(H,16,18). The van der Waals surface area contributed by atoms with Gasteiger partial charge in [-0.15, -0.1) is 0 Å². The van der Waals surface area contributed by atoms with Gasteiger partial charge in [-0.25, -0.2) is 0 Å². The van der Waals surface area contributed by atoms with Crippen LogP contribution in [-0.2, 0) is 0 Å². The van der Waals surface area contributed by atoms with Crippen LogP contribution in [0.1, 0.15) is 29.6 Å². The number of aliphatic hydroxyl groups is 1. The summed E-state index contributed by atoms with van der Waals surface area (Å²) in [5.74, 6) is -0.0791. The first kappa shape index (κ1) is 15.2. The fourth-order valence-corrected chi connectivity index (χ4v) is 4.36. The zero-order valence-corrected chi connectivity index (χ0v) is 15.9. The minimum Gasteiger partial charge on any atom is -0.394 e. The first-order valence-corrected chi connectivity index (χ1v) is 8.79. The molecule has 1 fully saturated rings. The predicted molar refractivity (Wildman–Crippen MR) is 95.7 cm³/mol. The molecule has 0 atom stereocenters. The maximum absolute atomic E-state index is 12.3. The highest BCUT2D eigenvalue weighted by Gasteiger charge is 2.38. The number of hydrogen-bond acceptors (Lipinski definition) is 2. The Labute approximate surface area is 147 Å². The summed E-state index contributed by atoms with van der Waals surface area (Å²) in [6, 6.07) is 3.94. The maximum Gasteiger partial charge on any atom is 0.252 e. The second-order valence-electron chi connectivity index (χ2n) is 4.50. The highest BCUT2D eigenvalue weighted by molar-refractivity contribution is 14.1. The Hall–Kier alpha value is 0.840. The number of amides is 1. The van der Waals surface area contributed by atoms with Gasteiger partial charge in [0.2, 0.25) is 0 Å². The lowest BCUT2D eigenvalue weighted by atomic mass is 9.77. The van der Waals surface area contributed by atoms with Gasteiger partial charge in [0, 0.05) is 10.7 Å². The fourth-order valence-electron chi connectivity index (χ4n) is 1.96. The summed E-state index contributed by atoms with van der Waals surface area (Å²) in [5.41, 5.74) is 0.319. The molecule has 6 heteroatoms. The van der Waals surface area contributed by atoms with Gasteiger partial charge in [0.1, 0.15) is 0 Å². The van der Waals surface area contributed by atoms with Crippen molar-refractivity contribution in [3.05, 3.63) is 28.4 Å². The minimum atomic E-state index is -0.382. The lowest BCUT2D eigenvalue weighted by molar-refractivity contribution is 0.0641. The van der Waals surface area contributed by atoms with Gasteiger partial charge in [-0.3, -0.25) is 4.79 Å². The first-order valence-electron chi connectivity index (χ1n) is 5.55. The Bertz CT molecular complexity index is 481. The van der Waals surface area contributed by atoms with Crippen LogP contribution in [0.5, 0.6) is 0 Å². The van der Waals surface area contributed by atoms with Crippen LogP contribution < -0.4 is 5.32 Å². The molecule has 0 saturated heterocycles. The number of aliphatic hydroxyl groups excluding tert-OH is 1. The summed E-state index contributed by atoms with van der Waals surface area (Å²) in [5, 5.41) is 12.4. The van der Waals surface area contributed by atoms with Crippen molar-refractivity contribution in [2.24, 2.45) is 0 Å². The third kappa shape index (κ3) is 3.11. The molecule has 0 bridgehead atoms. The first-order chi connectivity index (χ1) is 8.47. The molecule has 2 N–H and O–H groups in total. The van der Waals surface area contributed by atoms with Gasteiger partial charge in [-0.1, -0.05) is 0 Å². The van der Waals surface area contributed by atoms with E-state index < -0.39 is 0 Å². The average molecular weight is 583 g/mol. The van der Waals surface area contributed by atoms with Crippen molar-refractivity contribution in [3.8, 4) is 0 Å². The van der Waals surface area contributed by atoms with Crippen LogP contribution in [0, 0.1) is 10.7 Å². The third-order valence-electron chi connectivity index (χ3n) is 3.23. The molecule has 1 amide bonds. The van der Waals surface area contributed by atoms with E-state index in [2.05, 4.69) is 73.1 Å².